The zero-order valence-corrected chi connectivity index (χ0v) is 35.2. The molecule has 65 heavy (non-hydrogen) atoms. The number of Topliss-reactive ketones (excluding diaryl/α,β-unsaturated/α-hetero) is 1. The molecule has 0 bridgehead atoms. The van der Waals surface area contributed by atoms with Crippen LogP contribution in [0.15, 0.2) is 96.2 Å². The molecule has 4 aromatic carbocycles. The lowest BCUT2D eigenvalue weighted by atomic mass is 9.77. The SMILES string of the molecule is C[C@@H](O)[C@H]1C(=O)N2C(C(=O)OC(=O)c3ccc([N+](=O)[O-])cc3)=C(CN(C)CCCC(=O)c3cc(OC(=O)c4ccc([N+](=O)[O-])cc4)c(OC(=O)c4ccc([N+](=O)[O-])cc4)cc3Cl)[C@H](C)[C@H]12. The van der Waals surface area contributed by atoms with Crippen molar-refractivity contribution >= 4 is 64.2 Å². The normalized spacial score (nSPS) is 16.9. The van der Waals surface area contributed by atoms with Crippen LogP contribution in [-0.4, -0.2) is 97.5 Å². The van der Waals surface area contributed by atoms with E-state index in [0.717, 1.165) is 84.9 Å². The van der Waals surface area contributed by atoms with Crippen LogP contribution in [0, 0.1) is 42.2 Å². The molecule has 0 aliphatic carbocycles. The molecule has 4 atom stereocenters. The molecule has 0 saturated carbocycles. The molecular weight excluding hydrogens is 878 g/mol. The minimum Gasteiger partial charge on any atom is -0.419 e. The Morgan fingerprint density at radius 2 is 1.20 bits per heavy atom. The molecule has 2 aliphatic rings. The number of benzene rings is 4. The first-order valence-electron chi connectivity index (χ1n) is 19.5. The highest BCUT2D eigenvalue weighted by atomic mass is 35.5. The molecular formula is C43H36ClN5O16. The van der Waals surface area contributed by atoms with Crippen molar-refractivity contribution in [3.63, 3.8) is 0 Å². The minimum absolute atomic E-state index is 0.0522. The molecule has 0 unspecified atom stereocenters. The van der Waals surface area contributed by atoms with Gasteiger partial charge in [-0.3, -0.25) is 39.9 Å². The fraction of sp³-hybridized carbons (Fsp3) is 0.256. The lowest BCUT2D eigenvalue weighted by Gasteiger charge is -2.46. The van der Waals surface area contributed by atoms with Crippen LogP contribution in [0.4, 0.5) is 17.1 Å². The predicted octanol–water partition coefficient (Wildman–Crippen LogP) is 5.89. The number of aliphatic hydroxyl groups excluding tert-OH is 1. The molecule has 2 heterocycles. The summed E-state index contributed by atoms with van der Waals surface area (Å²) in [7, 11) is 1.68. The number of amides is 1. The number of halogens is 1. The molecule has 6 rings (SSSR count). The van der Waals surface area contributed by atoms with Crippen molar-refractivity contribution in [1.29, 1.82) is 0 Å². The van der Waals surface area contributed by atoms with Crippen molar-refractivity contribution in [2.75, 3.05) is 20.1 Å². The number of nitro groups is 3. The monoisotopic (exact) mass is 913 g/mol. The molecule has 0 aromatic heterocycles. The Labute approximate surface area is 372 Å². The van der Waals surface area contributed by atoms with Crippen molar-refractivity contribution in [3.8, 4) is 11.5 Å². The van der Waals surface area contributed by atoms with Crippen LogP contribution >= 0.6 is 11.6 Å². The summed E-state index contributed by atoms with van der Waals surface area (Å²) in [5.74, 6) is -7.57. The number of hydrogen-bond acceptors (Lipinski definition) is 17. The van der Waals surface area contributed by atoms with E-state index in [1.165, 1.54) is 11.8 Å². The number of fused-ring (bicyclic) bond motifs is 1. The molecule has 1 N–H and O–H groups in total. The smallest absolute Gasteiger partial charge is 0.362 e. The number of likely N-dealkylation sites (N-methyl/N-ethyl adjacent to an activating group) is 1. The number of non-ortho nitro benzene ring substituents is 3. The summed E-state index contributed by atoms with van der Waals surface area (Å²) in [5.41, 5.74) is -1.20. The van der Waals surface area contributed by atoms with Gasteiger partial charge < -0.3 is 29.1 Å². The molecule has 22 heteroatoms. The third-order valence-electron chi connectivity index (χ3n) is 10.8. The summed E-state index contributed by atoms with van der Waals surface area (Å²) in [6.07, 6.45) is -1.02. The van der Waals surface area contributed by atoms with E-state index in [0.29, 0.717) is 5.57 Å². The molecule has 336 valence electrons. The standard InChI is InChI=1S/C43H36ClN5O16/c1-22-31(38(46-37(22)36(23(2)50)39(46)52)43(56)65-42(55)26-10-16-29(17-11-26)49(61)62)21-45(3)18-4-5-33(51)30-19-34(63-40(53)24-6-12-27(13-7-24)47(57)58)35(20-32(30)44)64-41(54)25-8-14-28(15-9-25)48(59)60/h6-17,19-20,22-23,36-37,50H,4-5,18,21H2,1-3H3/t22-,23+,36+,37+/m0/s1. The Morgan fingerprint density at radius 1 is 0.754 bits per heavy atom. The van der Waals surface area contributed by atoms with Gasteiger partial charge in [0, 0.05) is 66.9 Å². The summed E-state index contributed by atoms with van der Waals surface area (Å²) in [5, 5.41) is 43.4. The zero-order chi connectivity index (χ0) is 47.4. The molecule has 4 aromatic rings. The van der Waals surface area contributed by atoms with Gasteiger partial charge in [-0.1, -0.05) is 18.5 Å². The summed E-state index contributed by atoms with van der Waals surface area (Å²) in [4.78, 5) is 114. The summed E-state index contributed by atoms with van der Waals surface area (Å²) in [6.45, 7) is 3.47. The number of rotatable bonds is 17. The van der Waals surface area contributed by atoms with E-state index in [4.69, 9.17) is 25.8 Å². The molecule has 0 spiro atoms. The van der Waals surface area contributed by atoms with E-state index >= 15 is 0 Å². The first kappa shape index (κ1) is 46.7. The maximum atomic E-state index is 13.7. The highest BCUT2D eigenvalue weighted by Crippen LogP contribution is 2.47. The maximum absolute atomic E-state index is 13.7. The molecule has 1 saturated heterocycles. The Morgan fingerprint density at radius 3 is 1.65 bits per heavy atom. The van der Waals surface area contributed by atoms with E-state index in [2.05, 4.69) is 0 Å². The number of ketones is 1. The second kappa shape index (κ2) is 19.3. The van der Waals surface area contributed by atoms with Crippen LogP contribution in [0.2, 0.25) is 5.02 Å². The third kappa shape index (κ3) is 10.1. The average Bonchev–Trinajstić information content (AvgIpc) is 3.50. The topological polar surface area (TPSA) is 286 Å². The molecule has 1 amide bonds. The summed E-state index contributed by atoms with van der Waals surface area (Å²) < 4.78 is 16.1. The number of hydrogen-bond donors (Lipinski definition) is 1. The number of nitro benzene ring substituents is 3. The zero-order valence-electron chi connectivity index (χ0n) is 34.4. The van der Waals surface area contributed by atoms with Crippen molar-refractivity contribution in [2.24, 2.45) is 11.8 Å². The highest BCUT2D eigenvalue weighted by molar-refractivity contribution is 6.34. The third-order valence-corrected chi connectivity index (χ3v) is 11.1. The Balaban J connectivity index is 1.18. The number of nitrogens with zero attached hydrogens (tertiary/aromatic N) is 5. The van der Waals surface area contributed by atoms with Gasteiger partial charge in [0.2, 0.25) is 5.91 Å². The summed E-state index contributed by atoms with van der Waals surface area (Å²) in [6, 6.07) is 14.7. The van der Waals surface area contributed by atoms with Gasteiger partial charge in [0.1, 0.15) is 5.70 Å². The molecule has 21 nitrogen and oxygen atoms in total. The van der Waals surface area contributed by atoms with Crippen LogP contribution < -0.4 is 9.47 Å². The number of ether oxygens (including phenoxy) is 3. The van der Waals surface area contributed by atoms with Gasteiger partial charge in [0.15, 0.2) is 17.3 Å². The number of aliphatic hydroxyl groups is 1. The predicted molar refractivity (Wildman–Crippen MR) is 224 cm³/mol. The first-order chi connectivity index (χ1) is 30.8. The van der Waals surface area contributed by atoms with Crippen LogP contribution in [0.3, 0.4) is 0 Å². The number of carbonyl (C=O) groups excluding carboxylic acids is 6. The van der Waals surface area contributed by atoms with Gasteiger partial charge in [0.05, 0.1) is 54.5 Å². The van der Waals surface area contributed by atoms with Crippen molar-refractivity contribution in [3.05, 3.63) is 154 Å². The van der Waals surface area contributed by atoms with Crippen molar-refractivity contribution in [1.82, 2.24) is 9.80 Å². The lowest BCUT2D eigenvalue weighted by Crippen LogP contribution is -2.63. The van der Waals surface area contributed by atoms with Crippen molar-refractivity contribution in [2.45, 2.75) is 38.8 Å². The van der Waals surface area contributed by atoms with Crippen LogP contribution in [0.5, 0.6) is 11.5 Å². The largest absolute Gasteiger partial charge is 0.419 e. The van der Waals surface area contributed by atoms with Crippen LogP contribution in [0.1, 0.15) is 68.1 Å². The second-order valence-electron chi connectivity index (χ2n) is 15.0. The summed E-state index contributed by atoms with van der Waals surface area (Å²) >= 11 is 6.52. The van der Waals surface area contributed by atoms with Gasteiger partial charge in [0.25, 0.3) is 17.1 Å². The van der Waals surface area contributed by atoms with Crippen LogP contribution in [0.25, 0.3) is 0 Å². The fourth-order valence-corrected chi connectivity index (χ4v) is 7.69. The van der Waals surface area contributed by atoms with Gasteiger partial charge in [-0.25, -0.2) is 19.2 Å². The molecule has 1 fully saturated rings. The van der Waals surface area contributed by atoms with Crippen molar-refractivity contribution < 1.29 is 62.9 Å². The fourth-order valence-electron chi connectivity index (χ4n) is 7.43. The van der Waals surface area contributed by atoms with Gasteiger partial charge in [-0.15, -0.1) is 0 Å². The molecule has 2 aliphatic heterocycles. The Hall–Kier alpha value is -7.75. The number of carbonyl (C=O) groups is 6. The van der Waals surface area contributed by atoms with Gasteiger partial charge >= 0.3 is 23.9 Å². The molecule has 0 radical (unpaired) electrons. The number of β-lactam (4-membered cyclic amide) rings is 1. The minimum atomic E-state index is -1.14. The van der Waals surface area contributed by atoms with Gasteiger partial charge in [-0.2, -0.15) is 0 Å². The Kier molecular flexibility index (Phi) is 13.9. The average molecular weight is 914 g/mol. The first-order valence-corrected chi connectivity index (χ1v) is 19.9. The lowest BCUT2D eigenvalue weighted by molar-refractivity contribution is -0.385. The second-order valence-corrected chi connectivity index (χ2v) is 15.4. The van der Waals surface area contributed by atoms with Crippen LogP contribution in [-0.2, 0) is 14.3 Å². The quantitative estimate of drug-likeness (QED) is 0.0245. The van der Waals surface area contributed by atoms with E-state index in [1.807, 2.05) is 0 Å². The van der Waals surface area contributed by atoms with E-state index in [9.17, 15) is 64.2 Å². The van der Waals surface area contributed by atoms with E-state index < -0.39 is 85.8 Å². The van der Waals surface area contributed by atoms with E-state index in [1.54, 1.807) is 18.9 Å². The highest BCUT2D eigenvalue weighted by Gasteiger charge is 2.60. The Bertz CT molecular complexity index is 2670. The maximum Gasteiger partial charge on any atom is 0.362 e. The van der Waals surface area contributed by atoms with Gasteiger partial charge in [-0.05, 0) is 75.0 Å². The number of esters is 4. The van der Waals surface area contributed by atoms with E-state index in [-0.39, 0.29) is 76.0 Å².